The number of hydrogen-bond donors (Lipinski definition) is 2. The molecule has 0 fully saturated rings. The molecule has 1 aliphatic rings. The van der Waals surface area contributed by atoms with Gasteiger partial charge >= 0.3 is 0 Å². The third-order valence-corrected chi connectivity index (χ3v) is 5.60. The minimum atomic E-state index is -0.282. The van der Waals surface area contributed by atoms with Crippen molar-refractivity contribution in [3.63, 3.8) is 0 Å². The van der Waals surface area contributed by atoms with Crippen LogP contribution in [0.1, 0.15) is 35.6 Å². The Morgan fingerprint density at radius 3 is 2.68 bits per heavy atom. The van der Waals surface area contributed by atoms with Gasteiger partial charge in [0.25, 0.3) is 0 Å². The molecule has 0 radical (unpaired) electrons. The summed E-state index contributed by atoms with van der Waals surface area (Å²) >= 11 is 0. The molecule has 1 aromatic heterocycles. The van der Waals surface area contributed by atoms with Crippen LogP contribution >= 0.6 is 0 Å². The van der Waals surface area contributed by atoms with E-state index in [0.717, 1.165) is 48.0 Å². The van der Waals surface area contributed by atoms with Gasteiger partial charge in [-0.15, -0.1) is 0 Å². The highest BCUT2D eigenvalue weighted by molar-refractivity contribution is 5.98. The van der Waals surface area contributed by atoms with Crippen LogP contribution in [0, 0.1) is 0 Å². The Morgan fingerprint density at radius 1 is 1.21 bits per heavy atom. The number of ether oxygens (including phenoxy) is 2. The molecule has 0 saturated carbocycles. The molecule has 0 spiro atoms. The number of fused-ring (bicyclic) bond motifs is 3. The van der Waals surface area contributed by atoms with Crippen LogP contribution in [0.4, 0.5) is 0 Å². The van der Waals surface area contributed by atoms with Crippen molar-refractivity contribution in [2.75, 3.05) is 14.2 Å². The van der Waals surface area contributed by atoms with Crippen molar-refractivity contribution in [2.24, 2.45) is 5.84 Å². The number of rotatable bonds is 5. The summed E-state index contributed by atoms with van der Waals surface area (Å²) in [4.78, 5) is 12.6. The second-order valence-corrected chi connectivity index (χ2v) is 7.11. The van der Waals surface area contributed by atoms with Gasteiger partial charge in [-0.05, 0) is 30.4 Å². The molecule has 1 amide bonds. The Labute approximate surface area is 164 Å². The molecule has 4 rings (SSSR count). The minimum absolute atomic E-state index is 0.155. The van der Waals surface area contributed by atoms with Gasteiger partial charge in [0, 0.05) is 29.8 Å². The maximum Gasteiger partial charge on any atom is 0.241 e. The maximum atomic E-state index is 12.6. The average molecular weight is 379 g/mol. The van der Waals surface area contributed by atoms with E-state index in [1.807, 2.05) is 30.3 Å². The Bertz CT molecular complexity index is 1010. The molecule has 1 heterocycles. The summed E-state index contributed by atoms with van der Waals surface area (Å²) in [7, 11) is 3.30. The Balaban J connectivity index is 2.01. The highest BCUT2D eigenvalue weighted by Crippen LogP contribution is 2.45. The highest BCUT2D eigenvalue weighted by Gasteiger charge is 2.33. The van der Waals surface area contributed by atoms with Gasteiger partial charge in [0.15, 0.2) is 0 Å². The van der Waals surface area contributed by atoms with Crippen molar-refractivity contribution in [3.8, 4) is 11.5 Å². The summed E-state index contributed by atoms with van der Waals surface area (Å²) in [5.74, 6) is 6.50. The predicted molar refractivity (Wildman–Crippen MR) is 109 cm³/mol. The topological polar surface area (TPSA) is 78.5 Å². The lowest BCUT2D eigenvalue weighted by atomic mass is 9.84. The molecule has 0 saturated heterocycles. The zero-order valence-corrected chi connectivity index (χ0v) is 16.2. The number of methoxy groups -OCH3 is 2. The summed E-state index contributed by atoms with van der Waals surface area (Å²) < 4.78 is 13.5. The van der Waals surface area contributed by atoms with Crippen molar-refractivity contribution >= 4 is 16.8 Å². The number of aromatic nitrogens is 1. The number of amides is 1. The number of benzene rings is 2. The monoisotopic (exact) mass is 379 g/mol. The van der Waals surface area contributed by atoms with Crippen LogP contribution in [-0.4, -0.2) is 24.7 Å². The molecule has 1 atom stereocenters. The number of hydrazine groups is 1. The van der Waals surface area contributed by atoms with E-state index in [-0.39, 0.29) is 11.8 Å². The molecule has 3 aromatic rings. The summed E-state index contributed by atoms with van der Waals surface area (Å²) in [6, 6.07) is 14.2. The molecule has 1 aliphatic carbocycles. The molecule has 2 aromatic carbocycles. The van der Waals surface area contributed by atoms with Crippen molar-refractivity contribution in [1.82, 2.24) is 9.99 Å². The van der Waals surface area contributed by atoms with Gasteiger partial charge in [-0.25, -0.2) is 5.84 Å². The van der Waals surface area contributed by atoms with Gasteiger partial charge in [0.05, 0.1) is 25.7 Å². The second kappa shape index (κ2) is 7.56. The lowest BCUT2D eigenvalue weighted by Gasteiger charge is -2.23. The maximum absolute atomic E-state index is 12.6. The van der Waals surface area contributed by atoms with E-state index in [9.17, 15) is 4.79 Å². The smallest absolute Gasteiger partial charge is 0.241 e. The average Bonchev–Trinajstić information content (AvgIpc) is 3.06. The Morgan fingerprint density at radius 2 is 2.00 bits per heavy atom. The molecule has 28 heavy (non-hydrogen) atoms. The van der Waals surface area contributed by atoms with Gasteiger partial charge in [-0.3, -0.25) is 10.2 Å². The van der Waals surface area contributed by atoms with E-state index < -0.39 is 0 Å². The van der Waals surface area contributed by atoms with Crippen LogP contribution in [0.15, 0.2) is 42.5 Å². The van der Waals surface area contributed by atoms with Crippen LogP contribution in [-0.2, 0) is 17.8 Å². The zero-order chi connectivity index (χ0) is 19.7. The van der Waals surface area contributed by atoms with Crippen molar-refractivity contribution in [1.29, 1.82) is 0 Å². The van der Waals surface area contributed by atoms with E-state index in [4.69, 9.17) is 15.3 Å². The van der Waals surface area contributed by atoms with E-state index in [1.165, 1.54) is 11.3 Å². The fraction of sp³-hybridized carbons (Fsp3) is 0.318. The summed E-state index contributed by atoms with van der Waals surface area (Å²) in [5.41, 5.74) is 6.76. The van der Waals surface area contributed by atoms with Crippen LogP contribution < -0.4 is 20.7 Å². The number of nitrogens with one attached hydrogen (secondary N) is 1. The van der Waals surface area contributed by atoms with E-state index >= 15 is 0 Å². The third-order valence-electron chi connectivity index (χ3n) is 5.60. The van der Waals surface area contributed by atoms with E-state index in [0.29, 0.717) is 5.75 Å². The quantitative estimate of drug-likeness (QED) is 0.406. The first-order chi connectivity index (χ1) is 13.7. The van der Waals surface area contributed by atoms with Crippen molar-refractivity contribution in [3.05, 3.63) is 59.3 Å². The van der Waals surface area contributed by atoms with Gasteiger partial charge in [-0.1, -0.05) is 30.3 Å². The largest absolute Gasteiger partial charge is 0.497 e. The highest BCUT2D eigenvalue weighted by atomic mass is 16.5. The Hall–Kier alpha value is -2.99. The molecule has 3 N–H and O–H groups in total. The standard InChI is InChI=1S/C22H25N3O3/c1-27-15-11-18-21(19(12-15)28-2)20-16(22(26)24-23)9-6-10-17(20)25(18)13-14-7-4-3-5-8-14/h3-5,7-8,11-12,16H,6,9-10,13,23H2,1-2H3,(H,24,26). The second-order valence-electron chi connectivity index (χ2n) is 7.11. The molecule has 0 bridgehead atoms. The first-order valence-electron chi connectivity index (χ1n) is 9.49. The zero-order valence-electron chi connectivity index (χ0n) is 16.2. The van der Waals surface area contributed by atoms with Crippen LogP contribution in [0.2, 0.25) is 0 Å². The van der Waals surface area contributed by atoms with Gasteiger partial charge in [0.2, 0.25) is 5.91 Å². The lowest BCUT2D eigenvalue weighted by molar-refractivity contribution is -0.122. The van der Waals surface area contributed by atoms with Gasteiger partial charge < -0.3 is 14.0 Å². The normalized spacial score (nSPS) is 15.9. The summed E-state index contributed by atoms with van der Waals surface area (Å²) in [6.07, 6.45) is 2.63. The molecule has 6 nitrogen and oxygen atoms in total. The van der Waals surface area contributed by atoms with E-state index in [2.05, 4.69) is 22.1 Å². The lowest BCUT2D eigenvalue weighted by Crippen LogP contribution is -2.36. The number of hydrogen-bond acceptors (Lipinski definition) is 4. The van der Waals surface area contributed by atoms with Crippen LogP contribution in [0.25, 0.3) is 10.9 Å². The van der Waals surface area contributed by atoms with Crippen LogP contribution in [0.3, 0.4) is 0 Å². The third kappa shape index (κ3) is 2.99. The first-order valence-corrected chi connectivity index (χ1v) is 9.49. The number of carbonyl (C=O) groups excluding carboxylic acids is 1. The van der Waals surface area contributed by atoms with Crippen molar-refractivity contribution < 1.29 is 14.3 Å². The number of carbonyl (C=O) groups is 1. The van der Waals surface area contributed by atoms with Crippen molar-refractivity contribution in [2.45, 2.75) is 31.7 Å². The minimum Gasteiger partial charge on any atom is -0.497 e. The molecule has 0 aliphatic heterocycles. The Kier molecular flexibility index (Phi) is 4.96. The fourth-order valence-electron chi connectivity index (χ4n) is 4.35. The molecule has 1 unspecified atom stereocenters. The molecular weight excluding hydrogens is 354 g/mol. The number of nitrogens with zero attached hydrogens (tertiary/aromatic N) is 1. The predicted octanol–water partition coefficient (Wildman–Crippen LogP) is 3.12. The summed E-state index contributed by atoms with van der Waals surface area (Å²) in [5, 5.41) is 0.975. The SMILES string of the molecule is COc1cc(OC)c2c3c(n(Cc4ccccc4)c2c1)CCCC3C(=O)NN. The molecule has 6 heteroatoms. The summed E-state index contributed by atoms with van der Waals surface area (Å²) in [6.45, 7) is 0.722. The van der Waals surface area contributed by atoms with Crippen LogP contribution in [0.5, 0.6) is 11.5 Å². The molecular formula is C22H25N3O3. The van der Waals surface area contributed by atoms with Gasteiger partial charge in [0.1, 0.15) is 11.5 Å². The van der Waals surface area contributed by atoms with E-state index in [1.54, 1.807) is 14.2 Å². The number of nitrogens with two attached hydrogens (primary N) is 1. The first kappa shape index (κ1) is 18.4. The van der Waals surface area contributed by atoms with Gasteiger partial charge in [-0.2, -0.15) is 0 Å². The fourth-order valence-corrected chi connectivity index (χ4v) is 4.35. The molecule has 146 valence electrons.